The summed E-state index contributed by atoms with van der Waals surface area (Å²) in [5, 5.41) is 2.96. The standard InChI is InChI=1S/C11H21N3/c1-3-5-6-9(4-2)10-7-8-13-11(12)14-10/h7-9,11,13H,3-6,12H2,1-2H3. The molecule has 0 aromatic carbocycles. The Morgan fingerprint density at radius 3 is 2.93 bits per heavy atom. The Bertz CT molecular complexity index is 221. The molecule has 1 aliphatic rings. The molecule has 1 aliphatic heterocycles. The first-order valence-electron chi connectivity index (χ1n) is 5.53. The molecule has 0 saturated carbocycles. The molecule has 0 aliphatic carbocycles. The van der Waals surface area contributed by atoms with E-state index in [2.05, 4.69) is 24.2 Å². The van der Waals surface area contributed by atoms with Gasteiger partial charge in [-0.3, -0.25) is 10.7 Å². The fourth-order valence-electron chi connectivity index (χ4n) is 1.73. The highest BCUT2D eigenvalue weighted by molar-refractivity contribution is 5.97. The number of nitrogens with one attached hydrogen (secondary N) is 1. The normalized spacial score (nSPS) is 22.8. The van der Waals surface area contributed by atoms with Crippen molar-refractivity contribution in [2.75, 3.05) is 0 Å². The van der Waals surface area contributed by atoms with Gasteiger partial charge in [-0.05, 0) is 18.9 Å². The first kappa shape index (κ1) is 11.2. The lowest BCUT2D eigenvalue weighted by molar-refractivity contribution is 0.552. The Morgan fingerprint density at radius 2 is 2.36 bits per heavy atom. The molecule has 0 saturated heterocycles. The van der Waals surface area contributed by atoms with Crippen molar-refractivity contribution in [1.82, 2.24) is 5.32 Å². The Labute approximate surface area is 86.5 Å². The number of hydrogen-bond donors (Lipinski definition) is 2. The maximum atomic E-state index is 5.70. The predicted octanol–water partition coefficient (Wildman–Crippen LogP) is 2.00. The first-order valence-corrected chi connectivity index (χ1v) is 5.53. The SMILES string of the molecule is CCCCC(CC)C1=NC(N)NC=C1. The zero-order valence-corrected chi connectivity index (χ0v) is 9.16. The van der Waals surface area contributed by atoms with Crippen LogP contribution in [0.2, 0.25) is 0 Å². The molecule has 2 unspecified atom stereocenters. The molecule has 3 heteroatoms. The molecule has 0 radical (unpaired) electrons. The summed E-state index contributed by atoms with van der Waals surface area (Å²) < 4.78 is 0. The lowest BCUT2D eigenvalue weighted by Gasteiger charge is -2.20. The van der Waals surface area contributed by atoms with Crippen molar-refractivity contribution in [3.05, 3.63) is 12.3 Å². The highest BCUT2D eigenvalue weighted by Gasteiger charge is 2.14. The van der Waals surface area contributed by atoms with Gasteiger partial charge >= 0.3 is 0 Å². The Balaban J connectivity index is 2.54. The minimum Gasteiger partial charge on any atom is -0.358 e. The molecule has 80 valence electrons. The second-order valence-electron chi connectivity index (χ2n) is 3.75. The average Bonchev–Trinajstić information content (AvgIpc) is 2.19. The van der Waals surface area contributed by atoms with Crippen molar-refractivity contribution in [2.24, 2.45) is 16.6 Å². The van der Waals surface area contributed by atoms with Gasteiger partial charge in [0.1, 0.15) is 0 Å². The van der Waals surface area contributed by atoms with E-state index < -0.39 is 0 Å². The topological polar surface area (TPSA) is 50.4 Å². The van der Waals surface area contributed by atoms with Crippen molar-refractivity contribution in [3.63, 3.8) is 0 Å². The second-order valence-corrected chi connectivity index (χ2v) is 3.75. The number of allylic oxidation sites excluding steroid dienone is 1. The summed E-state index contributed by atoms with van der Waals surface area (Å²) in [5.74, 6) is 0.583. The van der Waals surface area contributed by atoms with E-state index in [0.717, 1.165) is 12.1 Å². The number of hydrogen-bond acceptors (Lipinski definition) is 3. The fraction of sp³-hybridized carbons (Fsp3) is 0.727. The van der Waals surface area contributed by atoms with Gasteiger partial charge in [-0.25, -0.2) is 0 Å². The van der Waals surface area contributed by atoms with E-state index >= 15 is 0 Å². The maximum absolute atomic E-state index is 5.70. The molecular weight excluding hydrogens is 174 g/mol. The number of aliphatic imine (C=N–C) groups is 1. The fourth-order valence-corrected chi connectivity index (χ4v) is 1.73. The van der Waals surface area contributed by atoms with Crippen LogP contribution in [0.3, 0.4) is 0 Å². The van der Waals surface area contributed by atoms with E-state index in [1.54, 1.807) is 0 Å². The van der Waals surface area contributed by atoms with E-state index in [1.807, 2.05) is 12.3 Å². The van der Waals surface area contributed by atoms with Crippen LogP contribution in [0.15, 0.2) is 17.3 Å². The molecule has 14 heavy (non-hydrogen) atoms. The monoisotopic (exact) mass is 195 g/mol. The van der Waals surface area contributed by atoms with E-state index in [-0.39, 0.29) is 6.29 Å². The highest BCUT2D eigenvalue weighted by atomic mass is 15.2. The van der Waals surface area contributed by atoms with Crippen LogP contribution in [-0.4, -0.2) is 12.0 Å². The maximum Gasteiger partial charge on any atom is 0.171 e. The molecular formula is C11H21N3. The van der Waals surface area contributed by atoms with Gasteiger partial charge in [-0.15, -0.1) is 0 Å². The summed E-state index contributed by atoms with van der Waals surface area (Å²) in [7, 11) is 0. The molecule has 0 amide bonds. The molecule has 0 bridgehead atoms. The summed E-state index contributed by atoms with van der Waals surface area (Å²) in [6, 6.07) is 0. The third kappa shape index (κ3) is 3.14. The Hall–Kier alpha value is -0.830. The van der Waals surface area contributed by atoms with E-state index in [1.165, 1.54) is 19.3 Å². The van der Waals surface area contributed by atoms with E-state index in [9.17, 15) is 0 Å². The average molecular weight is 195 g/mol. The van der Waals surface area contributed by atoms with Gasteiger partial charge < -0.3 is 5.32 Å². The zero-order valence-electron chi connectivity index (χ0n) is 9.16. The van der Waals surface area contributed by atoms with Crippen molar-refractivity contribution in [2.45, 2.75) is 45.8 Å². The molecule has 0 spiro atoms. The minimum absolute atomic E-state index is 0.245. The van der Waals surface area contributed by atoms with Gasteiger partial charge in [0.2, 0.25) is 0 Å². The van der Waals surface area contributed by atoms with Gasteiger partial charge in [-0.1, -0.05) is 26.7 Å². The lowest BCUT2D eigenvalue weighted by atomic mass is 9.93. The number of nitrogens with two attached hydrogens (primary N) is 1. The van der Waals surface area contributed by atoms with Crippen molar-refractivity contribution in [1.29, 1.82) is 0 Å². The lowest BCUT2D eigenvalue weighted by Crippen LogP contribution is -2.36. The van der Waals surface area contributed by atoms with Crippen LogP contribution in [0.4, 0.5) is 0 Å². The van der Waals surface area contributed by atoms with Crippen LogP contribution in [0.25, 0.3) is 0 Å². The Kier molecular flexibility index (Phi) is 4.66. The summed E-state index contributed by atoms with van der Waals surface area (Å²) in [4.78, 5) is 4.40. The molecule has 1 rings (SSSR count). The van der Waals surface area contributed by atoms with Crippen LogP contribution in [-0.2, 0) is 0 Å². The highest BCUT2D eigenvalue weighted by Crippen LogP contribution is 2.16. The zero-order chi connectivity index (χ0) is 10.4. The molecule has 0 aromatic rings. The third-order valence-electron chi connectivity index (χ3n) is 2.63. The van der Waals surface area contributed by atoms with Gasteiger partial charge in [0, 0.05) is 17.8 Å². The molecule has 0 aromatic heterocycles. The van der Waals surface area contributed by atoms with Crippen molar-refractivity contribution < 1.29 is 0 Å². The van der Waals surface area contributed by atoms with Gasteiger partial charge in [0.15, 0.2) is 6.29 Å². The summed E-state index contributed by atoms with van der Waals surface area (Å²) in [6.07, 6.45) is 8.60. The van der Waals surface area contributed by atoms with Crippen LogP contribution < -0.4 is 11.1 Å². The first-order chi connectivity index (χ1) is 6.77. The van der Waals surface area contributed by atoms with E-state index in [4.69, 9.17) is 5.73 Å². The van der Waals surface area contributed by atoms with Gasteiger partial charge in [-0.2, -0.15) is 0 Å². The van der Waals surface area contributed by atoms with E-state index in [0.29, 0.717) is 5.92 Å². The third-order valence-corrected chi connectivity index (χ3v) is 2.63. The largest absolute Gasteiger partial charge is 0.358 e. The minimum atomic E-state index is -0.245. The van der Waals surface area contributed by atoms with Crippen LogP contribution in [0.1, 0.15) is 39.5 Å². The van der Waals surface area contributed by atoms with Crippen LogP contribution in [0, 0.1) is 5.92 Å². The summed E-state index contributed by atoms with van der Waals surface area (Å²) >= 11 is 0. The van der Waals surface area contributed by atoms with Crippen LogP contribution in [0.5, 0.6) is 0 Å². The molecule has 0 fully saturated rings. The predicted molar refractivity (Wildman–Crippen MR) is 61.0 cm³/mol. The van der Waals surface area contributed by atoms with Crippen molar-refractivity contribution in [3.8, 4) is 0 Å². The number of unbranched alkanes of at least 4 members (excludes halogenated alkanes) is 1. The number of nitrogens with zero attached hydrogens (tertiary/aromatic N) is 1. The molecule has 3 nitrogen and oxygen atoms in total. The second kappa shape index (κ2) is 5.81. The molecule has 3 N–H and O–H groups in total. The summed E-state index contributed by atoms with van der Waals surface area (Å²) in [5.41, 5.74) is 6.86. The summed E-state index contributed by atoms with van der Waals surface area (Å²) in [6.45, 7) is 4.43. The van der Waals surface area contributed by atoms with Gasteiger partial charge in [0.25, 0.3) is 0 Å². The molecule has 2 atom stereocenters. The molecule has 1 heterocycles. The van der Waals surface area contributed by atoms with Crippen molar-refractivity contribution >= 4 is 5.71 Å². The quantitative estimate of drug-likeness (QED) is 0.705. The van der Waals surface area contributed by atoms with Crippen LogP contribution >= 0.6 is 0 Å². The van der Waals surface area contributed by atoms with Gasteiger partial charge in [0.05, 0.1) is 0 Å². The number of rotatable bonds is 5. The Morgan fingerprint density at radius 1 is 1.57 bits per heavy atom. The smallest absolute Gasteiger partial charge is 0.171 e.